The van der Waals surface area contributed by atoms with Crippen LogP contribution in [0.2, 0.25) is 5.02 Å². The van der Waals surface area contributed by atoms with Gasteiger partial charge < -0.3 is 14.7 Å². The highest BCUT2D eigenvalue weighted by Crippen LogP contribution is 2.19. The first-order valence-electron chi connectivity index (χ1n) is 5.98. The van der Waals surface area contributed by atoms with Crippen molar-refractivity contribution in [2.45, 2.75) is 18.6 Å². The topological polar surface area (TPSA) is 32.7 Å². The minimum absolute atomic E-state index is 0.213. The number of ether oxygens (including phenoxy) is 1. The van der Waals surface area contributed by atoms with Crippen LogP contribution in [0, 0.1) is 5.82 Å². The van der Waals surface area contributed by atoms with Crippen LogP contribution >= 0.6 is 11.6 Å². The molecule has 100 valence electrons. The molecule has 0 saturated carbocycles. The summed E-state index contributed by atoms with van der Waals surface area (Å²) < 4.78 is 19.1. The average molecular weight is 274 g/mol. The van der Waals surface area contributed by atoms with Gasteiger partial charge in [0.05, 0.1) is 18.8 Å². The zero-order valence-corrected chi connectivity index (χ0v) is 11.0. The number of nitrogens with zero attached hydrogens (tertiary/aromatic N) is 1. The molecule has 2 atom stereocenters. The van der Waals surface area contributed by atoms with Gasteiger partial charge >= 0.3 is 0 Å². The molecule has 1 aromatic carbocycles. The number of aliphatic hydroxyl groups is 1. The number of likely N-dealkylation sites (N-methyl/N-ethyl adjacent to an activating group) is 1. The van der Waals surface area contributed by atoms with E-state index in [4.69, 9.17) is 16.3 Å². The molecule has 2 rings (SSSR count). The molecule has 1 heterocycles. The minimum Gasteiger partial charge on any atom is -0.390 e. The number of rotatable bonds is 3. The first-order chi connectivity index (χ1) is 8.56. The van der Waals surface area contributed by atoms with Crippen LogP contribution in [0.25, 0.3) is 0 Å². The summed E-state index contributed by atoms with van der Waals surface area (Å²) in [5.74, 6) is -0.345. The predicted octanol–water partition coefficient (Wildman–Crippen LogP) is 1.71. The molecule has 0 radical (unpaired) electrons. The van der Waals surface area contributed by atoms with E-state index in [2.05, 4.69) is 4.90 Å². The Kier molecular flexibility index (Phi) is 4.56. The molecule has 3 nitrogen and oxygen atoms in total. The Morgan fingerprint density at radius 3 is 3.11 bits per heavy atom. The number of halogens is 2. The van der Waals surface area contributed by atoms with Crippen LogP contribution in [0.3, 0.4) is 0 Å². The van der Waals surface area contributed by atoms with E-state index in [1.54, 1.807) is 6.07 Å². The lowest BCUT2D eigenvalue weighted by molar-refractivity contribution is -0.0825. The van der Waals surface area contributed by atoms with Crippen LogP contribution in [0.5, 0.6) is 0 Å². The predicted molar refractivity (Wildman–Crippen MR) is 68.4 cm³/mol. The summed E-state index contributed by atoms with van der Waals surface area (Å²) in [6.45, 7) is 2.11. The summed E-state index contributed by atoms with van der Waals surface area (Å²) >= 11 is 5.82. The molecule has 0 aliphatic carbocycles. The van der Waals surface area contributed by atoms with Gasteiger partial charge in [-0.15, -0.1) is 0 Å². The third-order valence-corrected chi connectivity index (χ3v) is 3.40. The second-order valence-electron chi connectivity index (χ2n) is 4.68. The molecular weight excluding hydrogens is 257 g/mol. The molecule has 1 aliphatic heterocycles. The zero-order valence-electron chi connectivity index (χ0n) is 10.3. The van der Waals surface area contributed by atoms with Crippen molar-refractivity contribution >= 4 is 11.6 Å². The molecular formula is C13H17ClFNO2. The average Bonchev–Trinajstić information content (AvgIpc) is 2.34. The summed E-state index contributed by atoms with van der Waals surface area (Å²) in [5.41, 5.74) is 0.423. The third kappa shape index (κ3) is 3.42. The highest BCUT2D eigenvalue weighted by molar-refractivity contribution is 6.30. The van der Waals surface area contributed by atoms with Gasteiger partial charge in [-0.3, -0.25) is 0 Å². The van der Waals surface area contributed by atoms with E-state index in [0.29, 0.717) is 23.7 Å². The van der Waals surface area contributed by atoms with Gasteiger partial charge in [-0.2, -0.15) is 0 Å². The first-order valence-corrected chi connectivity index (χ1v) is 6.36. The van der Waals surface area contributed by atoms with Crippen molar-refractivity contribution in [1.29, 1.82) is 0 Å². The lowest BCUT2D eigenvalue weighted by Crippen LogP contribution is -2.46. The molecule has 0 amide bonds. The van der Waals surface area contributed by atoms with E-state index < -0.39 is 6.10 Å². The Labute approximate surface area is 111 Å². The van der Waals surface area contributed by atoms with Gasteiger partial charge in [0.2, 0.25) is 0 Å². The maximum atomic E-state index is 13.6. The van der Waals surface area contributed by atoms with Crippen molar-refractivity contribution in [3.63, 3.8) is 0 Å². The van der Waals surface area contributed by atoms with E-state index in [1.165, 1.54) is 12.1 Å². The number of hydrogen-bond acceptors (Lipinski definition) is 3. The Balaban J connectivity index is 2.01. The van der Waals surface area contributed by atoms with Crippen LogP contribution in [0.15, 0.2) is 18.2 Å². The molecule has 1 aromatic rings. The van der Waals surface area contributed by atoms with Crippen molar-refractivity contribution in [3.8, 4) is 0 Å². The number of aliphatic hydroxyl groups excluding tert-OH is 1. The number of morpholine rings is 1. The minimum atomic E-state index is -0.722. The smallest absolute Gasteiger partial charge is 0.126 e. The van der Waals surface area contributed by atoms with Gasteiger partial charge in [-0.1, -0.05) is 11.6 Å². The molecule has 0 bridgehead atoms. The van der Waals surface area contributed by atoms with Gasteiger partial charge in [-0.25, -0.2) is 4.39 Å². The van der Waals surface area contributed by atoms with Gasteiger partial charge in [0.25, 0.3) is 0 Å². The summed E-state index contributed by atoms with van der Waals surface area (Å²) in [7, 11) is 1.97. The monoisotopic (exact) mass is 273 g/mol. The first kappa shape index (κ1) is 13.7. The van der Waals surface area contributed by atoms with Crippen molar-refractivity contribution in [1.82, 2.24) is 4.90 Å². The standard InChI is InChI=1S/C13H17ClFNO2/c1-16-4-5-18-13(8-16)12(17)7-9-6-10(14)2-3-11(9)15/h2-3,6,12-13,17H,4-5,7-8H2,1H3. The fourth-order valence-corrected chi connectivity index (χ4v) is 2.30. The number of benzene rings is 1. The largest absolute Gasteiger partial charge is 0.390 e. The van der Waals surface area contributed by atoms with Crippen LogP contribution in [-0.4, -0.2) is 49.0 Å². The molecule has 2 unspecified atom stereocenters. The fourth-order valence-electron chi connectivity index (χ4n) is 2.10. The molecule has 5 heteroatoms. The summed E-state index contributed by atoms with van der Waals surface area (Å²) in [6.07, 6.45) is -0.784. The molecule has 1 saturated heterocycles. The van der Waals surface area contributed by atoms with Crippen LogP contribution < -0.4 is 0 Å². The molecule has 1 aliphatic rings. The van der Waals surface area contributed by atoms with Gasteiger partial charge in [0.1, 0.15) is 5.82 Å². The van der Waals surface area contributed by atoms with E-state index >= 15 is 0 Å². The van der Waals surface area contributed by atoms with E-state index in [1.807, 2.05) is 7.05 Å². The Bertz CT molecular complexity index is 416. The highest BCUT2D eigenvalue weighted by atomic mass is 35.5. The Morgan fingerprint density at radius 2 is 2.39 bits per heavy atom. The zero-order chi connectivity index (χ0) is 13.1. The molecule has 0 aromatic heterocycles. The maximum absolute atomic E-state index is 13.6. The molecule has 0 spiro atoms. The van der Waals surface area contributed by atoms with Crippen LogP contribution in [0.4, 0.5) is 4.39 Å². The number of hydrogen-bond donors (Lipinski definition) is 1. The van der Waals surface area contributed by atoms with Crippen LogP contribution in [0.1, 0.15) is 5.56 Å². The van der Waals surface area contributed by atoms with Gasteiger partial charge in [-0.05, 0) is 30.8 Å². The SMILES string of the molecule is CN1CCOC(C(O)Cc2cc(Cl)ccc2F)C1. The highest BCUT2D eigenvalue weighted by Gasteiger charge is 2.26. The van der Waals surface area contributed by atoms with Crippen molar-refractivity contribution in [2.75, 3.05) is 26.7 Å². The van der Waals surface area contributed by atoms with E-state index in [9.17, 15) is 9.50 Å². The van der Waals surface area contributed by atoms with E-state index in [0.717, 1.165) is 6.54 Å². The van der Waals surface area contributed by atoms with E-state index in [-0.39, 0.29) is 18.3 Å². The van der Waals surface area contributed by atoms with Gasteiger partial charge in [0, 0.05) is 24.5 Å². The molecule has 18 heavy (non-hydrogen) atoms. The van der Waals surface area contributed by atoms with Crippen molar-refractivity contribution in [3.05, 3.63) is 34.6 Å². The Hall–Kier alpha value is -0.680. The normalized spacial score (nSPS) is 23.0. The summed E-state index contributed by atoms with van der Waals surface area (Å²) in [4.78, 5) is 2.09. The molecule has 1 fully saturated rings. The van der Waals surface area contributed by atoms with Gasteiger partial charge in [0.15, 0.2) is 0 Å². The second-order valence-corrected chi connectivity index (χ2v) is 5.12. The summed E-state index contributed by atoms with van der Waals surface area (Å²) in [6, 6.07) is 4.36. The van der Waals surface area contributed by atoms with Crippen molar-refractivity contribution in [2.24, 2.45) is 0 Å². The maximum Gasteiger partial charge on any atom is 0.126 e. The quantitative estimate of drug-likeness (QED) is 0.910. The van der Waals surface area contributed by atoms with Crippen molar-refractivity contribution < 1.29 is 14.2 Å². The fraction of sp³-hybridized carbons (Fsp3) is 0.538. The third-order valence-electron chi connectivity index (χ3n) is 3.16. The lowest BCUT2D eigenvalue weighted by atomic mass is 10.0. The molecule has 1 N–H and O–H groups in total. The Morgan fingerprint density at radius 1 is 1.61 bits per heavy atom. The second kappa shape index (κ2) is 5.97. The van der Waals surface area contributed by atoms with Crippen LogP contribution in [-0.2, 0) is 11.2 Å². The summed E-state index contributed by atoms with van der Waals surface area (Å²) in [5, 5.41) is 10.6. The lowest BCUT2D eigenvalue weighted by Gasteiger charge is -2.33.